The first-order valence-corrected chi connectivity index (χ1v) is 3.52. The molecule has 1 rings (SSSR count). The summed E-state index contributed by atoms with van der Waals surface area (Å²) < 4.78 is 0. The van der Waals surface area contributed by atoms with E-state index >= 15 is 0 Å². The molecule has 0 spiro atoms. The molecule has 1 aliphatic carbocycles. The summed E-state index contributed by atoms with van der Waals surface area (Å²) in [7, 11) is 0. The minimum Gasteiger partial charge on any atom is -0.405 e. The molecule has 0 radical (unpaired) electrons. The Labute approximate surface area is 60.8 Å². The van der Waals surface area contributed by atoms with E-state index in [2.05, 4.69) is 4.99 Å². The Bertz CT molecular complexity index is 156. The van der Waals surface area contributed by atoms with Gasteiger partial charge >= 0.3 is 0 Å². The van der Waals surface area contributed by atoms with Crippen molar-refractivity contribution in [3.05, 3.63) is 12.3 Å². The highest BCUT2D eigenvalue weighted by molar-refractivity contribution is 5.96. The molecule has 3 heteroatoms. The molecule has 1 fully saturated rings. The SMILES string of the molecule is NC=CC(CN)=NC1CC1. The van der Waals surface area contributed by atoms with Crippen molar-refractivity contribution in [1.29, 1.82) is 0 Å². The zero-order valence-electron chi connectivity index (χ0n) is 5.96. The molecule has 0 amide bonds. The van der Waals surface area contributed by atoms with Crippen LogP contribution >= 0.6 is 0 Å². The number of hydrogen-bond donors (Lipinski definition) is 2. The van der Waals surface area contributed by atoms with Crippen LogP contribution in [0.2, 0.25) is 0 Å². The minimum absolute atomic E-state index is 0.490. The largest absolute Gasteiger partial charge is 0.405 e. The first-order chi connectivity index (χ1) is 4.86. The third-order valence-corrected chi connectivity index (χ3v) is 1.39. The van der Waals surface area contributed by atoms with Crippen LogP contribution in [0.25, 0.3) is 0 Å². The van der Waals surface area contributed by atoms with Gasteiger partial charge in [0.25, 0.3) is 0 Å². The van der Waals surface area contributed by atoms with E-state index in [4.69, 9.17) is 11.5 Å². The fraction of sp³-hybridized carbons (Fsp3) is 0.571. The average Bonchev–Trinajstić information content (AvgIpc) is 2.71. The molecule has 0 saturated heterocycles. The molecule has 0 heterocycles. The van der Waals surface area contributed by atoms with E-state index in [0.717, 1.165) is 5.71 Å². The van der Waals surface area contributed by atoms with Gasteiger partial charge in [-0.15, -0.1) is 0 Å². The summed E-state index contributed by atoms with van der Waals surface area (Å²) in [4.78, 5) is 4.32. The van der Waals surface area contributed by atoms with Crippen LogP contribution in [0.1, 0.15) is 12.8 Å². The molecule has 10 heavy (non-hydrogen) atoms. The van der Waals surface area contributed by atoms with Crippen molar-refractivity contribution in [2.75, 3.05) is 6.54 Å². The van der Waals surface area contributed by atoms with E-state index < -0.39 is 0 Å². The monoisotopic (exact) mass is 139 g/mol. The van der Waals surface area contributed by atoms with E-state index in [0.29, 0.717) is 12.6 Å². The average molecular weight is 139 g/mol. The Morgan fingerprint density at radius 1 is 1.60 bits per heavy atom. The smallest absolute Gasteiger partial charge is 0.0505 e. The second-order valence-electron chi connectivity index (χ2n) is 2.41. The van der Waals surface area contributed by atoms with Crippen LogP contribution in [0.4, 0.5) is 0 Å². The van der Waals surface area contributed by atoms with E-state index in [1.54, 1.807) is 6.08 Å². The highest BCUT2D eigenvalue weighted by Crippen LogP contribution is 2.23. The zero-order chi connectivity index (χ0) is 7.40. The fourth-order valence-electron chi connectivity index (χ4n) is 0.713. The van der Waals surface area contributed by atoms with Crippen LogP contribution in [0.3, 0.4) is 0 Å². The van der Waals surface area contributed by atoms with Gasteiger partial charge in [0, 0.05) is 6.54 Å². The summed E-state index contributed by atoms with van der Waals surface area (Å²) in [5.41, 5.74) is 11.5. The van der Waals surface area contributed by atoms with Crippen molar-refractivity contribution in [2.45, 2.75) is 18.9 Å². The highest BCUT2D eigenvalue weighted by Gasteiger charge is 2.19. The van der Waals surface area contributed by atoms with Crippen molar-refractivity contribution in [1.82, 2.24) is 0 Å². The second-order valence-corrected chi connectivity index (χ2v) is 2.41. The predicted octanol–water partition coefficient (Wildman–Crippen LogP) is 0.0209. The van der Waals surface area contributed by atoms with Gasteiger partial charge in [-0.3, -0.25) is 4.99 Å². The lowest BCUT2D eigenvalue weighted by molar-refractivity contribution is 1.05. The quantitative estimate of drug-likeness (QED) is 0.541. The maximum absolute atomic E-state index is 5.40. The molecule has 0 aromatic carbocycles. The number of hydrogen-bond acceptors (Lipinski definition) is 3. The van der Waals surface area contributed by atoms with Gasteiger partial charge < -0.3 is 11.5 Å². The Morgan fingerprint density at radius 3 is 2.70 bits per heavy atom. The summed E-state index contributed by atoms with van der Waals surface area (Å²) in [6, 6.07) is 0.537. The number of aliphatic imine (C=N–C) groups is 1. The van der Waals surface area contributed by atoms with Gasteiger partial charge in [-0.1, -0.05) is 0 Å². The van der Waals surface area contributed by atoms with Crippen LogP contribution in [0.5, 0.6) is 0 Å². The van der Waals surface area contributed by atoms with Crippen LogP contribution < -0.4 is 11.5 Å². The first kappa shape index (κ1) is 7.28. The maximum atomic E-state index is 5.40. The van der Waals surface area contributed by atoms with Crippen LogP contribution in [0, 0.1) is 0 Å². The normalized spacial score (nSPS) is 20.3. The highest BCUT2D eigenvalue weighted by atomic mass is 14.9. The third kappa shape index (κ3) is 2.19. The predicted molar refractivity (Wildman–Crippen MR) is 42.8 cm³/mol. The van der Waals surface area contributed by atoms with Crippen molar-refractivity contribution in [3.8, 4) is 0 Å². The van der Waals surface area contributed by atoms with Crippen molar-refractivity contribution < 1.29 is 0 Å². The summed E-state index contributed by atoms with van der Waals surface area (Å²) in [6.45, 7) is 0.490. The molecule has 0 aromatic rings. The molecule has 0 atom stereocenters. The summed E-state index contributed by atoms with van der Waals surface area (Å²) in [6.07, 6.45) is 5.66. The Balaban J connectivity index is 2.44. The summed E-state index contributed by atoms with van der Waals surface area (Å²) >= 11 is 0. The van der Waals surface area contributed by atoms with Gasteiger partial charge in [0.2, 0.25) is 0 Å². The number of nitrogens with two attached hydrogens (primary N) is 2. The van der Waals surface area contributed by atoms with Crippen molar-refractivity contribution in [3.63, 3.8) is 0 Å². The van der Waals surface area contributed by atoms with Gasteiger partial charge in [-0.05, 0) is 25.1 Å². The lowest BCUT2D eigenvalue weighted by Gasteiger charge is -1.93. The first-order valence-electron chi connectivity index (χ1n) is 3.52. The molecule has 0 unspecified atom stereocenters. The van der Waals surface area contributed by atoms with E-state index in [1.165, 1.54) is 19.0 Å². The molecular weight excluding hydrogens is 126 g/mol. The Morgan fingerprint density at radius 2 is 2.30 bits per heavy atom. The lowest BCUT2D eigenvalue weighted by Crippen LogP contribution is -2.12. The molecule has 1 aliphatic rings. The van der Waals surface area contributed by atoms with E-state index in [9.17, 15) is 0 Å². The Hall–Kier alpha value is -0.830. The Kier molecular flexibility index (Phi) is 2.45. The van der Waals surface area contributed by atoms with Crippen molar-refractivity contribution >= 4 is 5.71 Å². The number of rotatable bonds is 3. The summed E-state index contributed by atoms with van der Waals surface area (Å²) in [5.74, 6) is 0. The second kappa shape index (κ2) is 3.37. The van der Waals surface area contributed by atoms with Gasteiger partial charge in [0.15, 0.2) is 0 Å². The van der Waals surface area contributed by atoms with Crippen LogP contribution in [-0.2, 0) is 0 Å². The lowest BCUT2D eigenvalue weighted by atomic mass is 10.3. The molecule has 56 valence electrons. The minimum atomic E-state index is 0.490. The number of nitrogens with zero attached hydrogens (tertiary/aromatic N) is 1. The molecule has 4 N–H and O–H groups in total. The molecule has 3 nitrogen and oxygen atoms in total. The standard InChI is InChI=1S/C7H13N3/c8-4-3-7(5-9)10-6-1-2-6/h3-4,6H,1-2,5,8-9H2. The van der Waals surface area contributed by atoms with Gasteiger partial charge in [0.1, 0.15) is 0 Å². The molecular formula is C7H13N3. The maximum Gasteiger partial charge on any atom is 0.0505 e. The van der Waals surface area contributed by atoms with Gasteiger partial charge in [-0.2, -0.15) is 0 Å². The molecule has 0 aliphatic heterocycles. The van der Waals surface area contributed by atoms with Gasteiger partial charge in [-0.25, -0.2) is 0 Å². The van der Waals surface area contributed by atoms with Crippen LogP contribution in [-0.4, -0.2) is 18.3 Å². The van der Waals surface area contributed by atoms with Crippen LogP contribution in [0.15, 0.2) is 17.3 Å². The van der Waals surface area contributed by atoms with Crippen molar-refractivity contribution in [2.24, 2.45) is 16.5 Å². The summed E-state index contributed by atoms with van der Waals surface area (Å²) in [5, 5.41) is 0. The molecule has 0 aromatic heterocycles. The zero-order valence-corrected chi connectivity index (χ0v) is 5.96. The molecule has 0 bridgehead atoms. The molecule has 1 saturated carbocycles. The van der Waals surface area contributed by atoms with E-state index in [-0.39, 0.29) is 0 Å². The third-order valence-electron chi connectivity index (χ3n) is 1.39. The fourth-order valence-corrected chi connectivity index (χ4v) is 0.713. The topological polar surface area (TPSA) is 64.4 Å². The van der Waals surface area contributed by atoms with Gasteiger partial charge in [0.05, 0.1) is 11.8 Å². The van der Waals surface area contributed by atoms with E-state index in [1.807, 2.05) is 0 Å².